The summed E-state index contributed by atoms with van der Waals surface area (Å²) < 4.78 is 1.99. The van der Waals surface area contributed by atoms with Crippen LogP contribution in [0.4, 0.5) is 0 Å². The predicted molar refractivity (Wildman–Crippen MR) is 90.0 cm³/mol. The average molecular weight is 357 g/mol. The zero-order valence-corrected chi connectivity index (χ0v) is 13.7. The van der Waals surface area contributed by atoms with Crippen molar-refractivity contribution in [1.29, 1.82) is 0 Å². The Morgan fingerprint density at radius 3 is 2.36 bits per heavy atom. The number of pyridine rings is 1. The summed E-state index contributed by atoms with van der Waals surface area (Å²) in [4.78, 5) is 18.3. The lowest BCUT2D eigenvalue weighted by atomic mass is 10.3. The van der Waals surface area contributed by atoms with E-state index >= 15 is 0 Å². The van der Waals surface area contributed by atoms with Crippen LogP contribution in [0, 0.1) is 0 Å². The molecule has 114 valence electrons. The van der Waals surface area contributed by atoms with Crippen molar-refractivity contribution in [3.63, 3.8) is 0 Å². The van der Waals surface area contributed by atoms with E-state index in [2.05, 4.69) is 9.97 Å². The lowest BCUT2D eigenvalue weighted by Gasteiger charge is -2.06. The van der Waals surface area contributed by atoms with Gasteiger partial charge in [-0.1, -0.05) is 18.2 Å². The summed E-state index contributed by atoms with van der Waals surface area (Å²) in [5.41, 5.74) is 2.74. The van der Waals surface area contributed by atoms with Crippen molar-refractivity contribution in [3.05, 3.63) is 54.5 Å². The van der Waals surface area contributed by atoms with Gasteiger partial charge in [0.05, 0.1) is 11.8 Å². The van der Waals surface area contributed by atoms with Crippen LogP contribution in [0.5, 0.6) is 0 Å². The van der Waals surface area contributed by atoms with Gasteiger partial charge in [0, 0.05) is 11.9 Å². The second kappa shape index (κ2) is 8.13. The first-order valence-electron chi connectivity index (χ1n) is 6.35. The topological polar surface area (TPSA) is 47.8 Å². The van der Waals surface area contributed by atoms with Crippen LogP contribution in [0.2, 0.25) is 0 Å². The van der Waals surface area contributed by atoms with Crippen molar-refractivity contribution in [2.45, 2.75) is 5.88 Å². The number of carbonyl (C=O) groups is 1. The van der Waals surface area contributed by atoms with Gasteiger partial charge >= 0.3 is 0 Å². The summed E-state index contributed by atoms with van der Waals surface area (Å²) in [7, 11) is 0. The van der Waals surface area contributed by atoms with Gasteiger partial charge in [0.2, 0.25) is 5.24 Å². The number of benzene rings is 1. The summed E-state index contributed by atoms with van der Waals surface area (Å²) >= 11 is 15.5. The molecule has 7 heteroatoms. The molecule has 0 atom stereocenters. The van der Waals surface area contributed by atoms with E-state index in [1.165, 1.54) is 0 Å². The highest BCUT2D eigenvalue weighted by atomic mass is 35.5. The smallest absolute Gasteiger partial charge is 0.236 e. The minimum absolute atomic E-state index is 0.0957. The molecule has 22 heavy (non-hydrogen) atoms. The van der Waals surface area contributed by atoms with Gasteiger partial charge in [-0.25, -0.2) is 9.97 Å². The first-order chi connectivity index (χ1) is 10.7. The highest BCUT2D eigenvalue weighted by Gasteiger charge is 2.11. The van der Waals surface area contributed by atoms with Crippen LogP contribution >= 0.6 is 34.8 Å². The zero-order chi connectivity index (χ0) is 15.9. The number of imidazole rings is 1. The Morgan fingerprint density at radius 1 is 1.09 bits per heavy atom. The summed E-state index contributed by atoms with van der Waals surface area (Å²) in [5.74, 6) is 1.08. The fraction of sp³-hybridized carbons (Fsp3) is 0.133. The molecule has 3 rings (SSSR count). The fourth-order valence-electron chi connectivity index (χ4n) is 1.90. The van der Waals surface area contributed by atoms with Gasteiger partial charge in [0.25, 0.3) is 0 Å². The van der Waals surface area contributed by atoms with Crippen molar-refractivity contribution in [3.8, 4) is 5.69 Å². The number of carbonyl (C=O) groups excluding carboxylic acids is 1. The van der Waals surface area contributed by atoms with E-state index in [0.717, 1.165) is 22.7 Å². The molecule has 0 aliphatic heterocycles. The number of halogens is 3. The van der Waals surface area contributed by atoms with Crippen LogP contribution < -0.4 is 0 Å². The molecule has 0 amide bonds. The maximum absolute atomic E-state index is 9.45. The van der Waals surface area contributed by atoms with Gasteiger partial charge in [-0.15, -0.1) is 23.2 Å². The number of fused-ring (bicyclic) bond motifs is 1. The van der Waals surface area contributed by atoms with Crippen LogP contribution in [0.25, 0.3) is 16.9 Å². The van der Waals surface area contributed by atoms with Crippen LogP contribution in [0.3, 0.4) is 0 Å². The maximum atomic E-state index is 9.45. The molecule has 0 aliphatic rings. The summed E-state index contributed by atoms with van der Waals surface area (Å²) in [6.07, 6.45) is 1.77. The molecule has 3 aromatic rings. The van der Waals surface area contributed by atoms with E-state index in [0.29, 0.717) is 5.88 Å². The monoisotopic (exact) mass is 355 g/mol. The van der Waals surface area contributed by atoms with Gasteiger partial charge < -0.3 is 0 Å². The minimum Gasteiger partial charge on any atom is -0.280 e. The molecule has 0 saturated carbocycles. The molecule has 0 saturated heterocycles. The van der Waals surface area contributed by atoms with E-state index in [4.69, 9.17) is 34.8 Å². The van der Waals surface area contributed by atoms with Crippen molar-refractivity contribution < 1.29 is 4.79 Å². The molecule has 4 nitrogen and oxygen atoms in total. The van der Waals surface area contributed by atoms with Crippen molar-refractivity contribution in [2.24, 2.45) is 0 Å². The number of nitrogens with zero attached hydrogens (tertiary/aromatic N) is 3. The van der Waals surface area contributed by atoms with Crippen molar-refractivity contribution in [2.75, 3.05) is 5.88 Å². The third kappa shape index (κ3) is 3.97. The molecule has 0 aliphatic carbocycles. The molecule has 0 unspecified atom stereocenters. The summed E-state index contributed by atoms with van der Waals surface area (Å²) in [6.45, 7) is 0. The number of hydrogen-bond acceptors (Lipinski definition) is 3. The molecule has 2 heterocycles. The second-order valence-electron chi connectivity index (χ2n) is 4.17. The van der Waals surface area contributed by atoms with E-state index in [1.54, 1.807) is 6.20 Å². The Hall–Kier alpha value is -1.62. The molecule has 0 fully saturated rings. The van der Waals surface area contributed by atoms with E-state index in [-0.39, 0.29) is 5.88 Å². The average Bonchev–Trinajstić information content (AvgIpc) is 2.94. The summed E-state index contributed by atoms with van der Waals surface area (Å²) in [5, 5.41) is -0.508. The van der Waals surface area contributed by atoms with Gasteiger partial charge in [-0.3, -0.25) is 9.36 Å². The molecule has 0 radical (unpaired) electrons. The van der Waals surface area contributed by atoms with Crippen LogP contribution in [0.15, 0.2) is 48.7 Å². The molecule has 0 spiro atoms. The number of rotatable bonds is 3. The largest absolute Gasteiger partial charge is 0.280 e. The molecule has 0 bridgehead atoms. The third-order valence-corrected chi connectivity index (χ3v) is 3.48. The van der Waals surface area contributed by atoms with Crippen molar-refractivity contribution in [1.82, 2.24) is 14.5 Å². The maximum Gasteiger partial charge on any atom is 0.236 e. The highest BCUT2D eigenvalue weighted by Crippen LogP contribution is 2.20. The van der Waals surface area contributed by atoms with Crippen molar-refractivity contribution >= 4 is 51.2 Å². The number of para-hydroxylation sites is 1. The Balaban J connectivity index is 0.000000309. The lowest BCUT2D eigenvalue weighted by Crippen LogP contribution is -1.99. The predicted octanol–water partition coefficient (Wildman–Crippen LogP) is 4.15. The summed E-state index contributed by atoms with van der Waals surface area (Å²) in [6, 6.07) is 13.8. The van der Waals surface area contributed by atoms with Gasteiger partial charge in [0.1, 0.15) is 11.3 Å². The number of aromatic nitrogens is 3. The molecule has 2 aromatic heterocycles. The van der Waals surface area contributed by atoms with Crippen LogP contribution in [0.1, 0.15) is 5.82 Å². The quantitative estimate of drug-likeness (QED) is 0.523. The Morgan fingerprint density at radius 2 is 1.77 bits per heavy atom. The Kier molecular flexibility index (Phi) is 6.19. The number of alkyl halides is 2. The molecule has 0 N–H and O–H groups in total. The standard InChI is InChI=1S/C13H10ClN3.C2H2Cl2O/c14-9-12-16-11-7-4-8-15-13(11)17(12)10-5-2-1-3-6-10;3-1-2(4)5/h1-8H,9H2;1H2. The first-order valence-corrected chi connectivity index (χ1v) is 7.80. The number of hydrogen-bond donors (Lipinski definition) is 0. The van der Waals surface area contributed by atoms with E-state index < -0.39 is 5.24 Å². The SMILES string of the molecule is ClCc1nc2cccnc2n1-c1ccccc1.O=C(Cl)CCl. The van der Waals surface area contributed by atoms with Gasteiger partial charge in [0.15, 0.2) is 5.65 Å². The van der Waals surface area contributed by atoms with Gasteiger partial charge in [-0.2, -0.15) is 0 Å². The van der Waals surface area contributed by atoms with Crippen LogP contribution in [-0.2, 0) is 10.7 Å². The second-order valence-corrected chi connectivity index (χ2v) is 5.12. The first kappa shape index (κ1) is 16.7. The lowest BCUT2D eigenvalue weighted by molar-refractivity contribution is -0.109. The molecule has 1 aromatic carbocycles. The van der Waals surface area contributed by atoms with E-state index in [1.807, 2.05) is 47.0 Å². The van der Waals surface area contributed by atoms with Gasteiger partial charge in [-0.05, 0) is 35.9 Å². The van der Waals surface area contributed by atoms with Crippen LogP contribution in [-0.4, -0.2) is 25.7 Å². The Bertz CT molecular complexity index is 759. The van der Waals surface area contributed by atoms with E-state index in [9.17, 15) is 4.79 Å². The Labute approximate surface area is 142 Å². The molecular formula is C15H12Cl3N3O. The zero-order valence-electron chi connectivity index (χ0n) is 11.4. The third-order valence-electron chi connectivity index (χ3n) is 2.72. The fourth-order valence-corrected chi connectivity index (χ4v) is 2.08. The highest BCUT2D eigenvalue weighted by molar-refractivity contribution is 6.67. The minimum atomic E-state index is -0.508. The molecular weight excluding hydrogens is 345 g/mol. The normalized spacial score (nSPS) is 10.1.